The standard InChI is InChI=1S/C16H17N5OS.C7H7Cl.2C2H6/c1-4-13(22)21(3)12-7-5-6-11(8-12)20-16-14(10(2)23)15(17)18-9-19-16;1-6-2-4-7(8)5-3-6;2*1-2/h4-9H,1H2,2-3H3,(H3,17,18,19,20);2-5H,1H3;2*1-2H3. The van der Waals surface area contributed by atoms with Crippen molar-refractivity contribution in [1.29, 1.82) is 0 Å². The van der Waals surface area contributed by atoms with Crippen LogP contribution in [0.3, 0.4) is 0 Å². The monoisotopic (exact) mass is 513 g/mol. The number of carbonyl (C=O) groups is 1. The van der Waals surface area contributed by atoms with Gasteiger partial charge in [0.2, 0.25) is 5.91 Å². The zero-order valence-corrected chi connectivity index (χ0v) is 23.2. The van der Waals surface area contributed by atoms with E-state index in [0.717, 1.165) is 16.4 Å². The number of nitrogens with zero attached hydrogens (tertiary/aromatic N) is 3. The number of aromatic nitrogens is 2. The number of nitrogens with one attached hydrogen (secondary N) is 1. The SMILES string of the molecule is C=CC(=O)N(C)c1cccc(Nc2ncnc(N)c2C(C)=S)c1.CC.CC.Cc1ccc(Cl)cc1. The minimum atomic E-state index is -0.191. The highest BCUT2D eigenvalue weighted by Gasteiger charge is 2.12. The van der Waals surface area contributed by atoms with Crippen LogP contribution in [0.1, 0.15) is 45.7 Å². The summed E-state index contributed by atoms with van der Waals surface area (Å²) >= 11 is 10.8. The molecule has 1 aromatic heterocycles. The third kappa shape index (κ3) is 10.7. The third-order valence-corrected chi connectivity index (χ3v) is 4.70. The number of rotatable bonds is 5. The highest BCUT2D eigenvalue weighted by Crippen LogP contribution is 2.25. The second kappa shape index (κ2) is 17.2. The van der Waals surface area contributed by atoms with Crippen molar-refractivity contribution in [2.75, 3.05) is 23.0 Å². The van der Waals surface area contributed by atoms with Crippen molar-refractivity contribution in [3.05, 3.63) is 83.7 Å². The van der Waals surface area contributed by atoms with Crippen LogP contribution in [0, 0.1) is 6.92 Å². The van der Waals surface area contributed by atoms with Gasteiger partial charge in [-0.05, 0) is 50.3 Å². The Kier molecular flexibility index (Phi) is 15.6. The highest BCUT2D eigenvalue weighted by molar-refractivity contribution is 7.80. The van der Waals surface area contributed by atoms with Crippen LogP contribution in [-0.2, 0) is 4.79 Å². The molecule has 0 aliphatic heterocycles. The predicted octanol–water partition coefficient (Wildman–Crippen LogP) is 7.39. The molecule has 0 radical (unpaired) electrons. The van der Waals surface area contributed by atoms with Gasteiger partial charge in [0.05, 0.1) is 5.56 Å². The maximum Gasteiger partial charge on any atom is 0.250 e. The third-order valence-electron chi connectivity index (χ3n) is 4.24. The van der Waals surface area contributed by atoms with E-state index in [1.165, 1.54) is 22.9 Å². The van der Waals surface area contributed by atoms with E-state index in [1.54, 1.807) is 14.0 Å². The number of aryl methyl sites for hydroxylation is 1. The largest absolute Gasteiger partial charge is 0.383 e. The average Bonchev–Trinajstić information content (AvgIpc) is 2.87. The number of amides is 1. The molecule has 0 atom stereocenters. The Morgan fingerprint density at radius 2 is 1.71 bits per heavy atom. The van der Waals surface area contributed by atoms with E-state index < -0.39 is 0 Å². The predicted molar refractivity (Wildman–Crippen MR) is 156 cm³/mol. The van der Waals surface area contributed by atoms with E-state index in [-0.39, 0.29) is 5.91 Å². The number of carbonyl (C=O) groups excluding carboxylic acids is 1. The fourth-order valence-corrected chi connectivity index (χ4v) is 2.89. The van der Waals surface area contributed by atoms with E-state index in [2.05, 4.69) is 21.9 Å². The summed E-state index contributed by atoms with van der Waals surface area (Å²) < 4.78 is 0. The van der Waals surface area contributed by atoms with Crippen molar-refractivity contribution in [1.82, 2.24) is 9.97 Å². The molecular weight excluding hydrogens is 478 g/mol. The van der Waals surface area contributed by atoms with Gasteiger partial charge in [-0.3, -0.25) is 4.79 Å². The summed E-state index contributed by atoms with van der Waals surface area (Å²) in [6.07, 6.45) is 2.63. The minimum absolute atomic E-state index is 0.191. The van der Waals surface area contributed by atoms with E-state index in [0.29, 0.717) is 22.1 Å². The van der Waals surface area contributed by atoms with E-state index in [1.807, 2.05) is 83.1 Å². The topological polar surface area (TPSA) is 84.1 Å². The summed E-state index contributed by atoms with van der Waals surface area (Å²) in [5, 5.41) is 3.97. The number of nitrogen functional groups attached to an aromatic ring is 1. The summed E-state index contributed by atoms with van der Waals surface area (Å²) in [7, 11) is 1.68. The minimum Gasteiger partial charge on any atom is -0.383 e. The lowest BCUT2D eigenvalue weighted by atomic mass is 10.2. The molecule has 188 valence electrons. The van der Waals surface area contributed by atoms with Gasteiger partial charge in [0.15, 0.2) is 0 Å². The van der Waals surface area contributed by atoms with Gasteiger partial charge >= 0.3 is 0 Å². The molecule has 35 heavy (non-hydrogen) atoms. The van der Waals surface area contributed by atoms with Gasteiger partial charge in [0, 0.05) is 28.3 Å². The second-order valence-corrected chi connectivity index (χ2v) is 7.66. The molecule has 1 heterocycles. The molecular formula is C27H36ClN5OS. The molecule has 1 amide bonds. The number of anilines is 4. The van der Waals surface area contributed by atoms with Crippen LogP contribution in [0.5, 0.6) is 0 Å². The molecule has 0 unspecified atom stereocenters. The second-order valence-electron chi connectivity index (χ2n) is 6.61. The maximum atomic E-state index is 11.7. The molecule has 0 fully saturated rings. The molecule has 0 spiro atoms. The van der Waals surface area contributed by atoms with Crippen molar-refractivity contribution in [3.8, 4) is 0 Å². The summed E-state index contributed by atoms with van der Waals surface area (Å²) in [6.45, 7) is 15.3. The zero-order valence-electron chi connectivity index (χ0n) is 21.6. The van der Waals surface area contributed by atoms with Crippen LogP contribution < -0.4 is 16.0 Å². The molecule has 0 saturated carbocycles. The summed E-state index contributed by atoms with van der Waals surface area (Å²) in [5.41, 5.74) is 9.19. The molecule has 0 aliphatic rings. The Labute approximate surface area is 220 Å². The lowest BCUT2D eigenvalue weighted by Crippen LogP contribution is -2.23. The smallest absolute Gasteiger partial charge is 0.250 e. The first-order chi connectivity index (χ1) is 16.7. The van der Waals surface area contributed by atoms with Crippen molar-refractivity contribution in [2.24, 2.45) is 0 Å². The van der Waals surface area contributed by atoms with E-state index in [9.17, 15) is 4.79 Å². The van der Waals surface area contributed by atoms with Gasteiger partial charge in [-0.25, -0.2) is 9.97 Å². The molecule has 0 aliphatic carbocycles. The van der Waals surface area contributed by atoms with E-state index in [4.69, 9.17) is 29.6 Å². The van der Waals surface area contributed by atoms with Crippen molar-refractivity contribution in [2.45, 2.75) is 41.5 Å². The van der Waals surface area contributed by atoms with Crippen LogP contribution in [0.2, 0.25) is 5.02 Å². The first-order valence-corrected chi connectivity index (χ1v) is 12.1. The number of thiocarbonyl (C=S) groups is 1. The van der Waals surface area contributed by atoms with Gasteiger partial charge in [-0.15, -0.1) is 0 Å². The number of benzene rings is 2. The highest BCUT2D eigenvalue weighted by atomic mass is 35.5. The number of likely N-dealkylation sites (N-methyl/N-ethyl adjacent to an activating group) is 1. The maximum absolute atomic E-state index is 11.7. The molecule has 3 rings (SSSR count). The fraction of sp³-hybridized carbons (Fsp3) is 0.259. The van der Waals surface area contributed by atoms with Crippen molar-refractivity contribution < 1.29 is 4.79 Å². The van der Waals surface area contributed by atoms with Crippen molar-refractivity contribution >= 4 is 57.6 Å². The molecule has 3 N–H and O–H groups in total. The van der Waals surface area contributed by atoms with E-state index >= 15 is 0 Å². The van der Waals surface area contributed by atoms with Crippen LogP contribution in [0.15, 0.2) is 67.5 Å². The summed E-state index contributed by atoms with van der Waals surface area (Å²) in [4.78, 5) is 22.0. The zero-order chi connectivity index (χ0) is 27.0. The number of hydrogen-bond acceptors (Lipinski definition) is 6. The Hall–Kier alpha value is -3.29. The molecule has 0 bridgehead atoms. The summed E-state index contributed by atoms with van der Waals surface area (Å²) in [6, 6.07) is 15.1. The van der Waals surface area contributed by atoms with Gasteiger partial charge in [0.1, 0.15) is 18.0 Å². The average molecular weight is 514 g/mol. The fourth-order valence-electron chi connectivity index (χ4n) is 2.57. The number of halogens is 1. The van der Waals surface area contributed by atoms with Gasteiger partial charge in [-0.2, -0.15) is 0 Å². The number of hydrogen-bond donors (Lipinski definition) is 2. The first kappa shape index (κ1) is 31.7. The lowest BCUT2D eigenvalue weighted by molar-refractivity contribution is -0.113. The first-order valence-electron chi connectivity index (χ1n) is 11.3. The number of nitrogens with two attached hydrogens (primary N) is 1. The Balaban J connectivity index is 0.000000801. The molecule has 8 heteroatoms. The lowest BCUT2D eigenvalue weighted by Gasteiger charge is -2.17. The Bertz CT molecular complexity index is 1070. The van der Waals surface area contributed by atoms with Gasteiger partial charge in [-0.1, -0.05) is 81.9 Å². The van der Waals surface area contributed by atoms with Gasteiger partial charge < -0.3 is 16.0 Å². The van der Waals surface area contributed by atoms with Crippen LogP contribution in [0.4, 0.5) is 23.0 Å². The van der Waals surface area contributed by atoms with Crippen LogP contribution >= 0.6 is 23.8 Å². The molecule has 0 saturated heterocycles. The van der Waals surface area contributed by atoms with Crippen LogP contribution in [0.25, 0.3) is 0 Å². The normalized spacial score (nSPS) is 9.03. The van der Waals surface area contributed by atoms with Gasteiger partial charge in [0.25, 0.3) is 0 Å². The molecule has 6 nitrogen and oxygen atoms in total. The Morgan fingerprint density at radius 1 is 1.11 bits per heavy atom. The quantitative estimate of drug-likeness (QED) is 0.210. The Morgan fingerprint density at radius 3 is 2.23 bits per heavy atom. The summed E-state index contributed by atoms with van der Waals surface area (Å²) in [5.74, 6) is 0.661. The molecule has 3 aromatic rings. The van der Waals surface area contributed by atoms with Crippen LogP contribution in [-0.4, -0.2) is 27.8 Å². The molecule has 2 aromatic carbocycles. The van der Waals surface area contributed by atoms with Crippen molar-refractivity contribution in [3.63, 3.8) is 0 Å².